The maximum Gasteiger partial charge on any atom is 0.408 e. The van der Waals surface area contributed by atoms with Crippen molar-refractivity contribution in [2.45, 2.75) is 39.5 Å². The predicted molar refractivity (Wildman–Crippen MR) is 70.5 cm³/mol. The van der Waals surface area contributed by atoms with Crippen LogP contribution in [0.25, 0.3) is 0 Å². The minimum Gasteiger partial charge on any atom is -0.461 e. The van der Waals surface area contributed by atoms with Crippen molar-refractivity contribution in [3.05, 3.63) is 35.9 Å². The highest BCUT2D eigenvalue weighted by atomic mass is 16.6. The van der Waals surface area contributed by atoms with E-state index in [-0.39, 0.29) is 12.7 Å². The number of esters is 1. The first-order chi connectivity index (χ1) is 8.99. The molecule has 0 saturated heterocycles. The van der Waals surface area contributed by atoms with E-state index in [4.69, 9.17) is 9.47 Å². The van der Waals surface area contributed by atoms with E-state index in [1.165, 1.54) is 0 Å². The van der Waals surface area contributed by atoms with Crippen LogP contribution in [0.2, 0.25) is 0 Å². The van der Waals surface area contributed by atoms with Gasteiger partial charge in [0.2, 0.25) is 0 Å². The van der Waals surface area contributed by atoms with Crippen LogP contribution in [-0.2, 0) is 20.9 Å². The highest BCUT2D eigenvalue weighted by molar-refractivity contribution is 5.80. The normalized spacial score (nSPS) is 11.8. The van der Waals surface area contributed by atoms with Crippen LogP contribution < -0.4 is 5.32 Å². The van der Waals surface area contributed by atoms with Gasteiger partial charge in [0, 0.05) is 0 Å². The lowest BCUT2D eigenvalue weighted by Crippen LogP contribution is -2.40. The first-order valence-corrected chi connectivity index (χ1v) is 6.16. The Balaban J connectivity index is 2.33. The lowest BCUT2D eigenvalue weighted by molar-refractivity contribution is -0.149. The number of rotatable bonds is 5. The van der Waals surface area contributed by atoms with E-state index in [0.29, 0.717) is 0 Å². The number of benzene rings is 1. The summed E-state index contributed by atoms with van der Waals surface area (Å²) in [6.07, 6.45) is -0.853. The molecule has 1 rings (SSSR count). The summed E-state index contributed by atoms with van der Waals surface area (Å²) in [6.45, 7) is 5.21. The van der Waals surface area contributed by atoms with Crippen LogP contribution in [0, 0.1) is 0 Å². The van der Waals surface area contributed by atoms with Crippen LogP contribution in [0.4, 0.5) is 4.79 Å². The first-order valence-electron chi connectivity index (χ1n) is 6.16. The average Bonchev–Trinajstić information content (AvgIpc) is 2.36. The van der Waals surface area contributed by atoms with Crippen LogP contribution >= 0.6 is 0 Å². The van der Waals surface area contributed by atoms with Gasteiger partial charge in [-0.2, -0.15) is 0 Å². The number of hydrogen-bond acceptors (Lipinski definition) is 4. The number of carbonyl (C=O) groups excluding carboxylic acids is 2. The fourth-order valence-corrected chi connectivity index (χ4v) is 1.33. The first kappa shape index (κ1) is 15.0. The molecule has 5 heteroatoms. The summed E-state index contributed by atoms with van der Waals surface area (Å²) >= 11 is 0. The van der Waals surface area contributed by atoms with Crippen LogP contribution in [0.15, 0.2) is 30.3 Å². The molecule has 0 radical (unpaired) electrons. The number of nitrogens with one attached hydrogen (secondary N) is 1. The molecule has 0 aliphatic rings. The van der Waals surface area contributed by atoms with E-state index >= 15 is 0 Å². The predicted octanol–water partition coefficient (Wildman–Crippen LogP) is 2.25. The van der Waals surface area contributed by atoms with E-state index in [9.17, 15) is 9.59 Å². The third-order valence-corrected chi connectivity index (χ3v) is 2.25. The maximum atomic E-state index is 11.5. The molecule has 1 amide bonds. The highest BCUT2D eigenvalue weighted by Gasteiger charge is 2.18. The van der Waals surface area contributed by atoms with Gasteiger partial charge in [-0.3, -0.25) is 0 Å². The quantitative estimate of drug-likeness (QED) is 0.829. The second-order valence-corrected chi connectivity index (χ2v) is 4.41. The van der Waals surface area contributed by atoms with Gasteiger partial charge >= 0.3 is 12.1 Å². The number of amides is 1. The Morgan fingerprint density at radius 2 is 1.79 bits per heavy atom. The third kappa shape index (κ3) is 5.90. The molecule has 19 heavy (non-hydrogen) atoms. The van der Waals surface area contributed by atoms with Gasteiger partial charge in [-0.1, -0.05) is 30.3 Å². The van der Waals surface area contributed by atoms with Gasteiger partial charge in [-0.15, -0.1) is 0 Å². The van der Waals surface area contributed by atoms with Crippen LogP contribution in [0.1, 0.15) is 26.3 Å². The largest absolute Gasteiger partial charge is 0.461 e. The molecule has 0 aliphatic carbocycles. The van der Waals surface area contributed by atoms with Gasteiger partial charge in [0.1, 0.15) is 12.6 Å². The highest BCUT2D eigenvalue weighted by Crippen LogP contribution is 2.01. The number of alkyl carbamates (subject to hydrolysis) is 1. The summed E-state index contributed by atoms with van der Waals surface area (Å²) in [5.74, 6) is -0.480. The van der Waals surface area contributed by atoms with Crippen molar-refractivity contribution < 1.29 is 19.1 Å². The Bertz CT molecular complexity index is 417. The molecule has 0 aromatic heterocycles. The van der Waals surface area contributed by atoms with Crippen molar-refractivity contribution in [1.29, 1.82) is 0 Å². The number of hydrogen-bond donors (Lipinski definition) is 1. The molecule has 0 bridgehead atoms. The molecule has 1 N–H and O–H groups in total. The monoisotopic (exact) mass is 265 g/mol. The summed E-state index contributed by atoms with van der Waals surface area (Å²) < 4.78 is 9.96. The molecule has 0 heterocycles. The molecule has 0 spiro atoms. The molecule has 0 fully saturated rings. The van der Waals surface area contributed by atoms with Crippen molar-refractivity contribution in [3.63, 3.8) is 0 Å². The zero-order valence-electron chi connectivity index (χ0n) is 11.4. The zero-order valence-corrected chi connectivity index (χ0v) is 11.4. The Hall–Kier alpha value is -2.04. The van der Waals surface area contributed by atoms with E-state index in [1.807, 2.05) is 30.3 Å². The molecule has 104 valence electrons. The minimum absolute atomic E-state index is 0.165. The summed E-state index contributed by atoms with van der Waals surface area (Å²) in [5.41, 5.74) is 0.884. The van der Waals surface area contributed by atoms with Gasteiger partial charge in [0.25, 0.3) is 0 Å². The van der Waals surface area contributed by atoms with E-state index in [1.54, 1.807) is 20.8 Å². The van der Waals surface area contributed by atoms with Gasteiger partial charge in [-0.05, 0) is 26.3 Å². The van der Waals surface area contributed by atoms with Gasteiger partial charge in [0.15, 0.2) is 0 Å². The Morgan fingerprint density at radius 3 is 2.37 bits per heavy atom. The Labute approximate surface area is 112 Å². The molecule has 0 aliphatic heterocycles. The minimum atomic E-state index is -0.731. The molecule has 0 saturated carbocycles. The fraction of sp³-hybridized carbons (Fsp3) is 0.429. The zero-order chi connectivity index (χ0) is 14.3. The number of carbonyl (C=O) groups is 2. The van der Waals surface area contributed by atoms with Crippen molar-refractivity contribution in [1.82, 2.24) is 5.32 Å². The van der Waals surface area contributed by atoms with Crippen LogP contribution in [0.3, 0.4) is 0 Å². The molecule has 0 unspecified atom stereocenters. The molecule has 1 aromatic carbocycles. The molecule has 1 aromatic rings. The summed E-state index contributed by atoms with van der Waals surface area (Å²) in [7, 11) is 0. The lowest BCUT2D eigenvalue weighted by atomic mass is 10.2. The Morgan fingerprint density at radius 1 is 1.16 bits per heavy atom. The lowest BCUT2D eigenvalue weighted by Gasteiger charge is -2.15. The van der Waals surface area contributed by atoms with Crippen molar-refractivity contribution in [2.24, 2.45) is 0 Å². The number of ether oxygens (including phenoxy) is 2. The topological polar surface area (TPSA) is 64.6 Å². The van der Waals surface area contributed by atoms with Gasteiger partial charge < -0.3 is 14.8 Å². The van der Waals surface area contributed by atoms with Gasteiger partial charge in [-0.25, -0.2) is 9.59 Å². The smallest absolute Gasteiger partial charge is 0.408 e. The van der Waals surface area contributed by atoms with Crippen molar-refractivity contribution in [2.75, 3.05) is 0 Å². The van der Waals surface area contributed by atoms with Crippen LogP contribution in [-0.4, -0.2) is 24.2 Å². The fourth-order valence-electron chi connectivity index (χ4n) is 1.33. The Kier molecular flexibility index (Phi) is 5.85. The van der Waals surface area contributed by atoms with E-state index in [0.717, 1.165) is 5.56 Å². The van der Waals surface area contributed by atoms with E-state index < -0.39 is 18.1 Å². The molecule has 5 nitrogen and oxygen atoms in total. The summed E-state index contributed by atoms with van der Waals surface area (Å²) in [4.78, 5) is 22.9. The molecular weight excluding hydrogens is 246 g/mol. The van der Waals surface area contributed by atoms with Crippen LogP contribution in [0.5, 0.6) is 0 Å². The second-order valence-electron chi connectivity index (χ2n) is 4.41. The van der Waals surface area contributed by atoms with Crippen molar-refractivity contribution >= 4 is 12.1 Å². The standard InChI is InChI=1S/C14H19NO4/c1-10(2)19-13(16)11(3)15-14(17)18-9-12-7-5-4-6-8-12/h4-8,10-11H,9H2,1-3H3,(H,15,17)/t11-/m0/s1. The second kappa shape index (κ2) is 7.41. The third-order valence-electron chi connectivity index (χ3n) is 2.25. The summed E-state index contributed by atoms with van der Waals surface area (Å²) in [6, 6.07) is 8.57. The molecule has 1 atom stereocenters. The average molecular weight is 265 g/mol. The maximum absolute atomic E-state index is 11.5. The summed E-state index contributed by atoms with van der Waals surface area (Å²) in [5, 5.41) is 2.42. The van der Waals surface area contributed by atoms with E-state index in [2.05, 4.69) is 5.32 Å². The SMILES string of the molecule is CC(C)OC(=O)[C@H](C)NC(=O)OCc1ccccc1. The van der Waals surface area contributed by atoms with Gasteiger partial charge in [0.05, 0.1) is 6.10 Å². The van der Waals surface area contributed by atoms with Crippen molar-refractivity contribution in [3.8, 4) is 0 Å². The molecular formula is C14H19NO4.